The van der Waals surface area contributed by atoms with Crippen LogP contribution in [-0.4, -0.2) is 24.5 Å². The zero-order valence-corrected chi connectivity index (χ0v) is 38.7. The molecule has 0 bridgehead atoms. The zero-order chi connectivity index (χ0) is 46.6. The van der Waals surface area contributed by atoms with Crippen molar-refractivity contribution in [2.24, 2.45) is 0 Å². The Morgan fingerprint density at radius 3 is 1.90 bits per heavy atom. The molecular weight excluding hydrogens is 887 g/mol. The van der Waals surface area contributed by atoms with E-state index in [0.29, 0.717) is 23.1 Å². The maximum Gasteiger partial charge on any atom is 0.164 e. The highest BCUT2D eigenvalue weighted by atomic mass is 32.1. The molecule has 6 nitrogen and oxygen atoms in total. The fraction of sp³-hybridized carbons (Fsp3) is 0. The highest BCUT2D eigenvalue weighted by Crippen LogP contribution is 2.46. The molecule has 0 saturated heterocycles. The minimum atomic E-state index is 0.536. The van der Waals surface area contributed by atoms with Crippen molar-refractivity contribution < 1.29 is 4.42 Å². The third-order valence-electron chi connectivity index (χ3n) is 14.1. The van der Waals surface area contributed by atoms with Crippen LogP contribution in [0, 0.1) is 0 Å². The van der Waals surface area contributed by atoms with Crippen LogP contribution in [0.5, 0.6) is 0 Å². The van der Waals surface area contributed by atoms with Crippen molar-refractivity contribution in [3.05, 3.63) is 225 Å². The molecule has 0 N–H and O–H groups in total. The van der Waals surface area contributed by atoms with Crippen LogP contribution in [0.1, 0.15) is 0 Å². The molecule has 0 unspecified atom stereocenters. The van der Waals surface area contributed by atoms with E-state index in [1.54, 1.807) is 6.20 Å². The fourth-order valence-electron chi connectivity index (χ4n) is 10.9. The van der Waals surface area contributed by atoms with Gasteiger partial charge in [0.1, 0.15) is 11.1 Å². The van der Waals surface area contributed by atoms with Gasteiger partial charge in [0.2, 0.25) is 0 Å². The number of benzene rings is 10. The monoisotopic (exact) mass is 923 g/mol. The first-order valence-electron chi connectivity index (χ1n) is 23.8. The Balaban J connectivity index is 0.960. The Kier molecular flexibility index (Phi) is 8.73. The zero-order valence-electron chi connectivity index (χ0n) is 37.9. The summed E-state index contributed by atoms with van der Waals surface area (Å²) < 4.78 is 11.4. The van der Waals surface area contributed by atoms with Crippen LogP contribution < -0.4 is 0 Å². The molecule has 10 aromatic carbocycles. The van der Waals surface area contributed by atoms with Crippen LogP contribution in [0.4, 0.5) is 0 Å². The molecule has 0 aliphatic heterocycles. The van der Waals surface area contributed by atoms with Crippen molar-refractivity contribution in [2.75, 3.05) is 0 Å². The predicted octanol–water partition coefficient (Wildman–Crippen LogP) is 17.3. The molecule has 0 fully saturated rings. The Bertz CT molecular complexity index is 4650. The number of hydrogen-bond acceptors (Lipinski definition) is 6. The summed E-state index contributed by atoms with van der Waals surface area (Å²) in [5.74, 6) is 1.67. The van der Waals surface area contributed by atoms with Crippen molar-refractivity contribution >= 4 is 96.9 Å². The molecular formula is C64H37N5OS. The van der Waals surface area contributed by atoms with E-state index < -0.39 is 0 Å². The van der Waals surface area contributed by atoms with E-state index in [0.717, 1.165) is 66.2 Å². The lowest BCUT2D eigenvalue weighted by Crippen LogP contribution is -2.02. The molecule has 0 aliphatic carbocycles. The molecule has 7 heteroatoms. The average Bonchev–Trinajstić information content (AvgIpc) is 4.13. The molecule has 0 saturated carbocycles. The number of rotatable bonds is 6. The molecule has 330 valence electrons. The normalized spacial score (nSPS) is 11.9. The summed E-state index contributed by atoms with van der Waals surface area (Å²) in [6.45, 7) is 0. The molecule has 0 aliphatic rings. The Hall–Kier alpha value is -9.30. The number of pyridine rings is 1. The van der Waals surface area contributed by atoms with Crippen molar-refractivity contribution in [3.8, 4) is 62.1 Å². The number of nitrogens with zero attached hydrogens (tertiary/aromatic N) is 5. The van der Waals surface area contributed by atoms with Gasteiger partial charge < -0.3 is 8.98 Å². The van der Waals surface area contributed by atoms with E-state index in [4.69, 9.17) is 24.4 Å². The van der Waals surface area contributed by atoms with E-state index in [1.807, 2.05) is 35.6 Å². The number of fused-ring (bicyclic) bond motifs is 11. The minimum absolute atomic E-state index is 0.536. The fourth-order valence-corrected chi connectivity index (χ4v) is 12.2. The van der Waals surface area contributed by atoms with Crippen molar-refractivity contribution in [1.82, 2.24) is 24.5 Å². The second-order valence-corrected chi connectivity index (χ2v) is 19.1. The highest BCUT2D eigenvalue weighted by Gasteiger charge is 2.23. The van der Waals surface area contributed by atoms with Crippen LogP contribution in [0.3, 0.4) is 0 Å². The molecule has 0 radical (unpaired) electrons. The number of hydrogen-bond donors (Lipinski definition) is 0. The van der Waals surface area contributed by atoms with E-state index >= 15 is 0 Å². The molecule has 5 aromatic heterocycles. The van der Waals surface area contributed by atoms with E-state index in [1.165, 1.54) is 58.4 Å². The summed E-state index contributed by atoms with van der Waals surface area (Å²) in [7, 11) is 0. The smallest absolute Gasteiger partial charge is 0.164 e. The van der Waals surface area contributed by atoms with Gasteiger partial charge in [0, 0.05) is 64.8 Å². The summed E-state index contributed by atoms with van der Waals surface area (Å²) in [6.07, 6.45) is 1.80. The summed E-state index contributed by atoms with van der Waals surface area (Å²) >= 11 is 1.87. The van der Waals surface area contributed by atoms with Gasteiger partial charge >= 0.3 is 0 Å². The maximum absolute atomic E-state index is 6.34. The van der Waals surface area contributed by atoms with Crippen molar-refractivity contribution in [2.45, 2.75) is 0 Å². The average molecular weight is 924 g/mol. The Morgan fingerprint density at radius 2 is 1.00 bits per heavy atom. The van der Waals surface area contributed by atoms with Gasteiger partial charge in [-0.3, -0.25) is 4.98 Å². The van der Waals surface area contributed by atoms with E-state index in [2.05, 4.69) is 199 Å². The van der Waals surface area contributed by atoms with Crippen LogP contribution in [0.15, 0.2) is 229 Å². The van der Waals surface area contributed by atoms with Crippen LogP contribution >= 0.6 is 11.3 Å². The van der Waals surface area contributed by atoms with Gasteiger partial charge in [-0.25, -0.2) is 15.0 Å². The third kappa shape index (κ3) is 6.20. The standard InChI is InChI=1S/C64H37N5OS/c1-3-17-43-38(14-1)16-9-21-44(43)39-31-33-40(34-32-39)62-66-63(68-64(67-62)51-25-12-28-55-59(51)60-56(70-55)29-13-35-65-60)42-36-41-15-2-4-18-45(41)54(37-42)69-52-26-7-5-20-50(52)58-47(22-11-27-53(58)69)49-24-10-23-48-46-19-6-8-30-57(46)71-61(48)49/h1-37H. The first kappa shape index (κ1) is 39.7. The lowest BCUT2D eigenvalue weighted by molar-refractivity contribution is 0.668. The highest BCUT2D eigenvalue weighted by molar-refractivity contribution is 7.26. The second-order valence-electron chi connectivity index (χ2n) is 18.1. The minimum Gasteiger partial charge on any atom is -0.454 e. The topological polar surface area (TPSA) is 69.6 Å². The predicted molar refractivity (Wildman–Crippen MR) is 294 cm³/mol. The maximum atomic E-state index is 6.34. The molecule has 15 aromatic rings. The Labute approximate surface area is 410 Å². The number of furan rings is 1. The summed E-state index contributed by atoms with van der Waals surface area (Å²) in [5, 5.41) is 10.5. The molecule has 0 amide bonds. The van der Waals surface area contributed by atoms with Crippen molar-refractivity contribution in [1.29, 1.82) is 0 Å². The van der Waals surface area contributed by atoms with Gasteiger partial charge in [0.05, 0.1) is 22.1 Å². The Morgan fingerprint density at radius 1 is 0.380 bits per heavy atom. The second kappa shape index (κ2) is 15.6. The number of thiophene rings is 1. The van der Waals surface area contributed by atoms with Gasteiger partial charge in [0.25, 0.3) is 0 Å². The molecule has 5 heterocycles. The summed E-state index contributed by atoms with van der Waals surface area (Å²) in [4.78, 5) is 20.8. The molecule has 0 spiro atoms. The first-order chi connectivity index (χ1) is 35.2. The van der Waals surface area contributed by atoms with Crippen LogP contribution in [-0.2, 0) is 0 Å². The molecule has 0 atom stereocenters. The van der Waals surface area contributed by atoms with E-state index in [9.17, 15) is 0 Å². The van der Waals surface area contributed by atoms with Gasteiger partial charge in [-0.2, -0.15) is 0 Å². The van der Waals surface area contributed by atoms with Crippen LogP contribution in [0.2, 0.25) is 0 Å². The van der Waals surface area contributed by atoms with Gasteiger partial charge in [0.15, 0.2) is 23.1 Å². The van der Waals surface area contributed by atoms with Gasteiger partial charge in [-0.05, 0) is 81.4 Å². The van der Waals surface area contributed by atoms with Gasteiger partial charge in [-0.1, -0.05) is 170 Å². The SMILES string of the molecule is c1ccc2c(-c3ccc(-c4nc(-c5cc(-n6c7ccccc7c7c(-c8cccc9c8sc8ccccc89)cccc76)c6ccccc6c5)nc(-c5cccc6oc7cccnc7c56)n4)cc3)cccc2c1. The lowest BCUT2D eigenvalue weighted by Gasteiger charge is -2.15. The largest absolute Gasteiger partial charge is 0.454 e. The molecule has 15 rings (SSSR count). The molecule has 71 heavy (non-hydrogen) atoms. The van der Waals surface area contributed by atoms with Crippen molar-refractivity contribution in [3.63, 3.8) is 0 Å². The summed E-state index contributed by atoms with van der Waals surface area (Å²) in [6, 6.07) is 77.5. The summed E-state index contributed by atoms with van der Waals surface area (Å²) in [5.41, 5.74) is 12.8. The van der Waals surface area contributed by atoms with E-state index in [-0.39, 0.29) is 0 Å². The number of para-hydroxylation sites is 1. The quantitative estimate of drug-likeness (QED) is 0.166. The third-order valence-corrected chi connectivity index (χ3v) is 15.3. The van der Waals surface area contributed by atoms with Crippen LogP contribution in [0.25, 0.3) is 148 Å². The number of aromatic nitrogens is 5. The lowest BCUT2D eigenvalue weighted by atomic mass is 9.97. The van der Waals surface area contributed by atoms with Gasteiger partial charge in [-0.15, -0.1) is 11.3 Å². The first-order valence-corrected chi connectivity index (χ1v) is 24.6.